The molecule has 0 unspecified atom stereocenters. The molecule has 0 aliphatic rings. The molecule has 0 atom stereocenters. The number of para-hydroxylation sites is 1. The van der Waals surface area contributed by atoms with Gasteiger partial charge in [-0.3, -0.25) is 9.59 Å². The maximum Gasteiger partial charge on any atom is 0.242 e. The van der Waals surface area contributed by atoms with Crippen LogP contribution in [0.5, 0.6) is 0 Å². The maximum atomic E-state index is 13.6. The van der Waals surface area contributed by atoms with Crippen LogP contribution < -0.4 is 0 Å². The molecule has 0 bridgehead atoms. The van der Waals surface area contributed by atoms with E-state index >= 15 is 0 Å². The number of nitrogens with one attached hydrogen (secondary N) is 1. The summed E-state index contributed by atoms with van der Waals surface area (Å²) < 4.78 is 5.19. The molecule has 1 heterocycles. The number of carbonyl (C=O) groups excluding carboxylic acids is 2. The van der Waals surface area contributed by atoms with Crippen molar-refractivity contribution in [3.63, 3.8) is 0 Å². The van der Waals surface area contributed by atoms with Crippen molar-refractivity contribution in [1.82, 2.24) is 14.8 Å². The molecule has 194 valence electrons. The molecule has 6 nitrogen and oxygen atoms in total. The number of amides is 2. The fourth-order valence-electron chi connectivity index (χ4n) is 4.44. The minimum Gasteiger partial charge on any atom is -0.385 e. The van der Waals surface area contributed by atoms with Crippen molar-refractivity contribution in [2.24, 2.45) is 0 Å². The molecule has 0 saturated carbocycles. The average molecular weight is 492 g/mol. The van der Waals surface area contributed by atoms with Crippen LogP contribution in [0.4, 0.5) is 0 Å². The lowest BCUT2D eigenvalue weighted by Gasteiger charge is -2.28. The van der Waals surface area contributed by atoms with Crippen molar-refractivity contribution in [3.05, 3.63) is 71.4 Å². The van der Waals surface area contributed by atoms with Gasteiger partial charge in [0, 0.05) is 56.9 Å². The second-order valence-corrected chi connectivity index (χ2v) is 9.53. The summed E-state index contributed by atoms with van der Waals surface area (Å²) in [5, 5.41) is 1.19. The molecule has 0 fully saturated rings. The predicted molar refractivity (Wildman–Crippen MR) is 146 cm³/mol. The summed E-state index contributed by atoms with van der Waals surface area (Å²) in [5.41, 5.74) is 4.58. The molecule has 2 aromatic carbocycles. The Balaban J connectivity index is 1.74. The fraction of sp³-hybridized carbons (Fsp3) is 0.467. The van der Waals surface area contributed by atoms with E-state index in [9.17, 15) is 9.59 Å². The van der Waals surface area contributed by atoms with Crippen LogP contribution in [0.1, 0.15) is 55.7 Å². The van der Waals surface area contributed by atoms with Gasteiger partial charge in [-0.25, -0.2) is 0 Å². The largest absolute Gasteiger partial charge is 0.385 e. The standard InChI is InChI=1S/C30H41N3O3/c1-4-5-6-12-29(34)32(18-9-20-36-3)23-30(35)33(22-25-15-13-24(2)14-16-25)19-17-26-21-31-28-11-8-7-10-27(26)28/h7-8,10-11,13-16,21,31H,4-6,9,12,17-20,22-23H2,1-3H3. The summed E-state index contributed by atoms with van der Waals surface area (Å²) in [7, 11) is 1.66. The van der Waals surface area contributed by atoms with Crippen LogP contribution in [-0.2, 0) is 27.3 Å². The Morgan fingerprint density at radius 1 is 0.917 bits per heavy atom. The van der Waals surface area contributed by atoms with Gasteiger partial charge in [0.2, 0.25) is 11.8 Å². The molecule has 0 saturated heterocycles. The van der Waals surface area contributed by atoms with Crippen molar-refractivity contribution in [1.29, 1.82) is 0 Å². The van der Waals surface area contributed by atoms with Crippen molar-refractivity contribution in [2.75, 3.05) is 33.4 Å². The van der Waals surface area contributed by atoms with Crippen LogP contribution in [-0.4, -0.2) is 59.9 Å². The van der Waals surface area contributed by atoms with Crippen LogP contribution in [0.3, 0.4) is 0 Å². The van der Waals surface area contributed by atoms with Gasteiger partial charge in [-0.2, -0.15) is 0 Å². The van der Waals surface area contributed by atoms with Crippen molar-refractivity contribution >= 4 is 22.7 Å². The summed E-state index contributed by atoms with van der Waals surface area (Å²) in [6.45, 7) is 6.51. The molecule has 6 heteroatoms. The highest BCUT2D eigenvalue weighted by Crippen LogP contribution is 2.19. The Bertz CT molecular complexity index is 1090. The van der Waals surface area contributed by atoms with Crippen molar-refractivity contribution < 1.29 is 14.3 Å². The number of methoxy groups -OCH3 is 1. The van der Waals surface area contributed by atoms with Crippen LogP contribution in [0.25, 0.3) is 10.9 Å². The quantitative estimate of drug-likeness (QED) is 0.286. The minimum atomic E-state index is -0.0170. The zero-order valence-electron chi connectivity index (χ0n) is 22.1. The number of rotatable bonds is 15. The number of carbonyl (C=O) groups is 2. The normalized spacial score (nSPS) is 11.1. The first-order valence-electron chi connectivity index (χ1n) is 13.2. The van der Waals surface area contributed by atoms with E-state index in [-0.39, 0.29) is 18.4 Å². The van der Waals surface area contributed by atoms with E-state index < -0.39 is 0 Å². The van der Waals surface area contributed by atoms with Crippen LogP contribution >= 0.6 is 0 Å². The number of aromatic nitrogens is 1. The van der Waals surface area contributed by atoms with Gasteiger partial charge >= 0.3 is 0 Å². The Labute approximate surface area is 215 Å². The number of hydrogen-bond donors (Lipinski definition) is 1. The number of aromatic amines is 1. The third-order valence-electron chi connectivity index (χ3n) is 6.62. The molecule has 0 aliphatic carbocycles. The first-order valence-corrected chi connectivity index (χ1v) is 13.2. The fourth-order valence-corrected chi connectivity index (χ4v) is 4.44. The summed E-state index contributed by atoms with van der Waals surface area (Å²) in [4.78, 5) is 33.5. The maximum absolute atomic E-state index is 13.6. The number of benzene rings is 2. The third kappa shape index (κ3) is 8.23. The van der Waals surface area contributed by atoms with Gasteiger partial charge in [0.25, 0.3) is 0 Å². The Hall–Kier alpha value is -3.12. The number of nitrogens with zero attached hydrogens (tertiary/aromatic N) is 2. The van der Waals surface area contributed by atoms with Crippen LogP contribution in [0.15, 0.2) is 54.7 Å². The Morgan fingerprint density at radius 3 is 2.44 bits per heavy atom. The molecule has 0 spiro atoms. The highest BCUT2D eigenvalue weighted by atomic mass is 16.5. The van der Waals surface area contributed by atoms with E-state index in [2.05, 4.69) is 55.2 Å². The average Bonchev–Trinajstić information content (AvgIpc) is 3.30. The molecular weight excluding hydrogens is 450 g/mol. The number of ether oxygens (including phenoxy) is 1. The number of unbranched alkanes of at least 4 members (excludes halogenated alkanes) is 2. The topological polar surface area (TPSA) is 65.6 Å². The molecule has 1 aromatic heterocycles. The number of fused-ring (bicyclic) bond motifs is 1. The monoisotopic (exact) mass is 491 g/mol. The lowest BCUT2D eigenvalue weighted by molar-refractivity contribution is -0.141. The second kappa shape index (κ2) is 14.4. The van der Waals surface area contributed by atoms with E-state index in [0.717, 1.165) is 43.2 Å². The zero-order valence-corrected chi connectivity index (χ0v) is 22.1. The van der Waals surface area contributed by atoms with E-state index in [0.29, 0.717) is 32.7 Å². The first-order chi connectivity index (χ1) is 17.5. The zero-order chi connectivity index (χ0) is 25.8. The van der Waals surface area contributed by atoms with Crippen LogP contribution in [0.2, 0.25) is 0 Å². The third-order valence-corrected chi connectivity index (χ3v) is 6.62. The van der Waals surface area contributed by atoms with Gasteiger partial charge in [0.1, 0.15) is 0 Å². The first kappa shape index (κ1) is 27.5. The molecule has 1 N–H and O–H groups in total. The lowest BCUT2D eigenvalue weighted by atomic mass is 10.1. The number of H-pyrrole nitrogens is 1. The van der Waals surface area contributed by atoms with E-state index in [1.54, 1.807) is 12.0 Å². The Kier molecular flexibility index (Phi) is 11.0. The van der Waals surface area contributed by atoms with Gasteiger partial charge in [-0.15, -0.1) is 0 Å². The van der Waals surface area contributed by atoms with Gasteiger partial charge in [0.05, 0.1) is 6.54 Å². The van der Waals surface area contributed by atoms with Crippen molar-refractivity contribution in [2.45, 2.75) is 58.9 Å². The number of hydrogen-bond acceptors (Lipinski definition) is 3. The highest BCUT2D eigenvalue weighted by molar-refractivity contribution is 5.85. The summed E-state index contributed by atoms with van der Waals surface area (Å²) in [5.74, 6) is 0.0384. The summed E-state index contributed by atoms with van der Waals surface area (Å²) >= 11 is 0. The molecule has 0 radical (unpaired) electrons. The van der Waals surface area contributed by atoms with E-state index in [1.165, 1.54) is 16.5 Å². The highest BCUT2D eigenvalue weighted by Gasteiger charge is 2.21. The Morgan fingerprint density at radius 2 is 1.69 bits per heavy atom. The molecule has 0 aliphatic heterocycles. The predicted octanol–water partition coefficient (Wildman–Crippen LogP) is 5.49. The minimum absolute atomic E-state index is 0.0170. The van der Waals surface area contributed by atoms with E-state index in [1.807, 2.05) is 23.2 Å². The van der Waals surface area contributed by atoms with Gasteiger partial charge in [-0.1, -0.05) is 67.8 Å². The molecular formula is C30H41N3O3. The summed E-state index contributed by atoms with van der Waals surface area (Å²) in [6, 6.07) is 16.5. The number of aryl methyl sites for hydroxylation is 1. The molecule has 2 amide bonds. The SMILES string of the molecule is CCCCCC(=O)N(CCCOC)CC(=O)N(CCc1c[nH]c2ccccc12)Cc1ccc(C)cc1. The van der Waals surface area contributed by atoms with E-state index in [4.69, 9.17) is 4.74 Å². The summed E-state index contributed by atoms with van der Waals surface area (Å²) in [6.07, 6.45) is 6.93. The van der Waals surface area contributed by atoms with Gasteiger partial charge in [0.15, 0.2) is 0 Å². The molecule has 3 rings (SSSR count). The lowest BCUT2D eigenvalue weighted by Crippen LogP contribution is -2.44. The van der Waals surface area contributed by atoms with Crippen LogP contribution in [0, 0.1) is 6.92 Å². The molecule has 36 heavy (non-hydrogen) atoms. The molecule has 3 aromatic rings. The van der Waals surface area contributed by atoms with Gasteiger partial charge in [-0.05, 0) is 43.4 Å². The van der Waals surface area contributed by atoms with Gasteiger partial charge < -0.3 is 19.5 Å². The smallest absolute Gasteiger partial charge is 0.242 e. The second-order valence-electron chi connectivity index (χ2n) is 9.53. The van der Waals surface area contributed by atoms with Crippen molar-refractivity contribution in [3.8, 4) is 0 Å².